The Bertz CT molecular complexity index is 717. The lowest BCUT2D eigenvalue weighted by atomic mass is 10.1. The molecule has 3 nitrogen and oxygen atoms in total. The van der Waals surface area contributed by atoms with Gasteiger partial charge in [-0.25, -0.2) is 13.1 Å². The van der Waals surface area contributed by atoms with E-state index in [1.54, 1.807) is 43.3 Å². The molecule has 0 aliphatic rings. The Hall–Kier alpha value is -1.07. The average molecular weight is 330 g/mol. The van der Waals surface area contributed by atoms with Crippen LogP contribution in [0.2, 0.25) is 10.0 Å². The molecule has 1 N–H and O–H groups in total. The highest BCUT2D eigenvalue weighted by Crippen LogP contribution is 2.24. The molecule has 0 heterocycles. The van der Waals surface area contributed by atoms with Gasteiger partial charge in [-0.15, -0.1) is 0 Å². The zero-order chi connectivity index (χ0) is 14.8. The van der Waals surface area contributed by atoms with Crippen molar-refractivity contribution in [1.29, 1.82) is 0 Å². The minimum absolute atomic E-state index is 0.0653. The summed E-state index contributed by atoms with van der Waals surface area (Å²) >= 11 is 11.8. The van der Waals surface area contributed by atoms with Crippen LogP contribution in [-0.2, 0) is 10.0 Å². The molecule has 2 rings (SSSR count). The fraction of sp³-hybridized carbons (Fsp3) is 0.143. The number of sulfonamides is 1. The van der Waals surface area contributed by atoms with Crippen LogP contribution in [0.15, 0.2) is 53.4 Å². The highest BCUT2D eigenvalue weighted by atomic mass is 35.5. The van der Waals surface area contributed by atoms with Crippen LogP contribution in [0, 0.1) is 0 Å². The molecule has 2 aromatic carbocycles. The highest BCUT2D eigenvalue weighted by molar-refractivity contribution is 7.89. The third-order valence-corrected chi connectivity index (χ3v) is 5.08. The van der Waals surface area contributed by atoms with E-state index >= 15 is 0 Å². The first-order chi connectivity index (χ1) is 9.40. The molecule has 0 radical (unpaired) electrons. The normalized spacial score (nSPS) is 13.2. The molecule has 0 spiro atoms. The van der Waals surface area contributed by atoms with Gasteiger partial charge in [-0.05, 0) is 36.8 Å². The van der Waals surface area contributed by atoms with Crippen molar-refractivity contribution in [2.45, 2.75) is 17.9 Å². The molecule has 2 aromatic rings. The van der Waals surface area contributed by atoms with Crippen molar-refractivity contribution in [2.24, 2.45) is 0 Å². The first kappa shape index (κ1) is 15.3. The lowest BCUT2D eigenvalue weighted by Gasteiger charge is -2.15. The highest BCUT2D eigenvalue weighted by Gasteiger charge is 2.20. The van der Waals surface area contributed by atoms with Crippen LogP contribution in [0.1, 0.15) is 18.5 Å². The average Bonchev–Trinajstić information content (AvgIpc) is 2.38. The van der Waals surface area contributed by atoms with Gasteiger partial charge >= 0.3 is 0 Å². The summed E-state index contributed by atoms with van der Waals surface area (Å²) < 4.78 is 27.2. The molecule has 0 amide bonds. The molecule has 0 bridgehead atoms. The van der Waals surface area contributed by atoms with Gasteiger partial charge in [0, 0.05) is 11.1 Å². The van der Waals surface area contributed by atoms with Gasteiger partial charge in [0.15, 0.2) is 0 Å². The Morgan fingerprint density at radius 1 is 1.05 bits per heavy atom. The van der Waals surface area contributed by atoms with Crippen molar-refractivity contribution in [3.8, 4) is 0 Å². The Labute approximate surface area is 128 Å². The molecule has 0 fully saturated rings. The third kappa shape index (κ3) is 3.52. The van der Waals surface area contributed by atoms with Crippen LogP contribution >= 0.6 is 23.2 Å². The largest absolute Gasteiger partial charge is 0.242 e. The molecule has 0 saturated carbocycles. The molecule has 0 aromatic heterocycles. The first-order valence-corrected chi connectivity index (χ1v) is 8.16. The number of hydrogen-bond acceptors (Lipinski definition) is 2. The van der Waals surface area contributed by atoms with E-state index in [4.69, 9.17) is 23.2 Å². The first-order valence-electron chi connectivity index (χ1n) is 5.92. The summed E-state index contributed by atoms with van der Waals surface area (Å²) in [5, 5.41) is 0.754. The maximum absolute atomic E-state index is 12.3. The maximum Gasteiger partial charge on any atom is 0.242 e. The zero-order valence-corrected chi connectivity index (χ0v) is 13.0. The van der Waals surface area contributed by atoms with E-state index in [1.165, 1.54) is 6.07 Å². The van der Waals surface area contributed by atoms with E-state index in [0.717, 1.165) is 5.56 Å². The van der Waals surface area contributed by atoms with E-state index < -0.39 is 16.1 Å². The smallest absolute Gasteiger partial charge is 0.207 e. The minimum Gasteiger partial charge on any atom is -0.207 e. The molecule has 106 valence electrons. The van der Waals surface area contributed by atoms with Crippen molar-refractivity contribution in [1.82, 2.24) is 4.72 Å². The molecule has 6 heteroatoms. The Kier molecular flexibility index (Phi) is 4.70. The van der Waals surface area contributed by atoms with E-state index in [0.29, 0.717) is 5.02 Å². The molecule has 20 heavy (non-hydrogen) atoms. The van der Waals surface area contributed by atoms with Gasteiger partial charge in [-0.2, -0.15) is 0 Å². The summed E-state index contributed by atoms with van der Waals surface area (Å²) in [7, 11) is -3.68. The number of benzene rings is 2. The third-order valence-electron chi connectivity index (χ3n) is 2.81. The Balaban J connectivity index is 2.27. The van der Waals surface area contributed by atoms with Gasteiger partial charge in [0.25, 0.3) is 0 Å². The number of rotatable bonds is 4. The van der Waals surface area contributed by atoms with Crippen LogP contribution in [0.25, 0.3) is 0 Å². The lowest BCUT2D eigenvalue weighted by molar-refractivity contribution is 0.567. The van der Waals surface area contributed by atoms with Gasteiger partial charge in [0.05, 0.1) is 5.02 Å². The summed E-state index contributed by atoms with van der Waals surface area (Å²) in [5.74, 6) is 0. The second-order valence-electron chi connectivity index (χ2n) is 4.33. The topological polar surface area (TPSA) is 46.2 Å². The van der Waals surface area contributed by atoms with Crippen molar-refractivity contribution in [3.63, 3.8) is 0 Å². The molecule has 0 aliphatic heterocycles. The molecule has 0 aliphatic carbocycles. The lowest BCUT2D eigenvalue weighted by Crippen LogP contribution is -2.27. The van der Waals surface area contributed by atoms with E-state index in [2.05, 4.69) is 4.72 Å². The van der Waals surface area contributed by atoms with Crippen LogP contribution < -0.4 is 4.72 Å². The fourth-order valence-electron chi connectivity index (χ4n) is 1.80. The van der Waals surface area contributed by atoms with Crippen LogP contribution in [0.3, 0.4) is 0 Å². The predicted octanol–water partition coefficient (Wildman–Crippen LogP) is 4.03. The monoisotopic (exact) mass is 329 g/mol. The molecule has 0 unspecified atom stereocenters. The zero-order valence-electron chi connectivity index (χ0n) is 10.7. The van der Waals surface area contributed by atoms with Crippen LogP contribution in [0.5, 0.6) is 0 Å². The van der Waals surface area contributed by atoms with Crippen LogP contribution in [0.4, 0.5) is 0 Å². The van der Waals surface area contributed by atoms with Crippen molar-refractivity contribution >= 4 is 33.2 Å². The number of hydrogen-bond donors (Lipinski definition) is 1. The summed E-state index contributed by atoms with van der Waals surface area (Å²) in [4.78, 5) is 0.0653. The standard InChI is InChI=1S/C14H13Cl2NO2S/c1-10(11-5-4-6-12(15)9-11)17-20(18,19)14-8-3-2-7-13(14)16/h2-10,17H,1H3/t10-/m1/s1. The summed E-state index contributed by atoms with van der Waals surface area (Å²) in [6.45, 7) is 1.75. The molecule has 0 saturated heterocycles. The molecular formula is C14H13Cl2NO2S. The van der Waals surface area contributed by atoms with E-state index in [1.807, 2.05) is 6.07 Å². The molecular weight excluding hydrogens is 317 g/mol. The van der Waals surface area contributed by atoms with E-state index in [9.17, 15) is 8.42 Å². The van der Waals surface area contributed by atoms with Gasteiger partial charge in [-0.3, -0.25) is 0 Å². The summed E-state index contributed by atoms with van der Waals surface area (Å²) in [6, 6.07) is 13.0. The summed E-state index contributed by atoms with van der Waals surface area (Å²) in [5.41, 5.74) is 0.785. The number of nitrogens with one attached hydrogen (secondary N) is 1. The van der Waals surface area contributed by atoms with Crippen molar-refractivity contribution < 1.29 is 8.42 Å². The van der Waals surface area contributed by atoms with Gasteiger partial charge in [0.2, 0.25) is 10.0 Å². The SMILES string of the molecule is C[C@@H](NS(=O)(=O)c1ccccc1Cl)c1cccc(Cl)c1. The van der Waals surface area contributed by atoms with Crippen LogP contribution in [-0.4, -0.2) is 8.42 Å². The van der Waals surface area contributed by atoms with Gasteiger partial charge in [-0.1, -0.05) is 47.5 Å². The van der Waals surface area contributed by atoms with Gasteiger partial charge in [0.1, 0.15) is 4.90 Å². The maximum atomic E-state index is 12.3. The minimum atomic E-state index is -3.68. The van der Waals surface area contributed by atoms with Crippen molar-refractivity contribution in [2.75, 3.05) is 0 Å². The van der Waals surface area contributed by atoms with E-state index in [-0.39, 0.29) is 9.92 Å². The van der Waals surface area contributed by atoms with Crippen molar-refractivity contribution in [3.05, 3.63) is 64.1 Å². The quantitative estimate of drug-likeness (QED) is 0.920. The number of halogens is 2. The summed E-state index contributed by atoms with van der Waals surface area (Å²) in [6.07, 6.45) is 0. The fourth-order valence-corrected chi connectivity index (χ4v) is 3.75. The Morgan fingerprint density at radius 2 is 1.75 bits per heavy atom. The second kappa shape index (κ2) is 6.14. The predicted molar refractivity (Wildman–Crippen MR) is 81.6 cm³/mol. The van der Waals surface area contributed by atoms with Gasteiger partial charge < -0.3 is 0 Å². The second-order valence-corrected chi connectivity index (χ2v) is 6.85. The molecule has 1 atom stereocenters. The Morgan fingerprint density at radius 3 is 2.40 bits per heavy atom.